The predicted octanol–water partition coefficient (Wildman–Crippen LogP) is 2.13. The van der Waals surface area contributed by atoms with Crippen LogP contribution in [0, 0.1) is 6.92 Å². The lowest BCUT2D eigenvalue weighted by atomic mass is 10.2. The molecule has 0 bridgehead atoms. The molecule has 7 N–H and O–H groups in total. The average molecular weight is 231 g/mol. The minimum absolute atomic E-state index is 0.259. The van der Waals surface area contributed by atoms with Gasteiger partial charge < -0.3 is 22.3 Å². The highest BCUT2D eigenvalue weighted by Crippen LogP contribution is 2.17. The summed E-state index contributed by atoms with van der Waals surface area (Å²) >= 11 is 0. The van der Waals surface area contributed by atoms with Gasteiger partial charge in [-0.3, -0.25) is 0 Å². The number of aromatic hydroxyl groups is 1. The molecule has 0 aliphatic carbocycles. The average Bonchev–Trinajstić information content (AvgIpc) is 2.24. The maximum absolute atomic E-state index is 9.02. The molecule has 0 amide bonds. The minimum Gasteiger partial charge on any atom is -0.508 e. The van der Waals surface area contributed by atoms with Gasteiger partial charge in [0.05, 0.1) is 0 Å². The molecule has 0 spiro atoms. The van der Waals surface area contributed by atoms with E-state index >= 15 is 0 Å². The number of nitrogen functional groups attached to an aromatic ring is 3. The van der Waals surface area contributed by atoms with Crippen LogP contribution in [-0.2, 0) is 0 Å². The van der Waals surface area contributed by atoms with Crippen molar-refractivity contribution in [2.75, 3.05) is 17.2 Å². The number of anilines is 3. The van der Waals surface area contributed by atoms with E-state index in [1.807, 2.05) is 13.0 Å². The van der Waals surface area contributed by atoms with Crippen LogP contribution in [0.2, 0.25) is 0 Å². The summed E-state index contributed by atoms with van der Waals surface area (Å²) in [6, 6.07) is 12.2. The molecule has 0 heterocycles. The van der Waals surface area contributed by atoms with Crippen LogP contribution < -0.4 is 17.2 Å². The Morgan fingerprint density at radius 1 is 0.824 bits per heavy atom. The van der Waals surface area contributed by atoms with Crippen molar-refractivity contribution < 1.29 is 5.11 Å². The summed E-state index contributed by atoms with van der Waals surface area (Å²) in [6.07, 6.45) is 0. The summed E-state index contributed by atoms with van der Waals surface area (Å²) in [6.45, 7) is 1.83. The predicted molar refractivity (Wildman–Crippen MR) is 72.5 cm³/mol. The molecule has 0 unspecified atom stereocenters. The highest BCUT2D eigenvalue weighted by molar-refractivity contribution is 5.50. The maximum atomic E-state index is 9.02. The maximum Gasteiger partial charge on any atom is 0.120 e. The van der Waals surface area contributed by atoms with Gasteiger partial charge in [-0.25, -0.2) is 0 Å². The molecular formula is C13H17N3O. The molecule has 0 aliphatic rings. The standard InChI is InChI=1S/C7H9NO.C6H8N2/c1-5-2-3-6(8)4-7(5)9;7-5-2-1-3-6(8)4-5/h2-4,9H,8H2,1H3;1-4H,7-8H2. The van der Waals surface area contributed by atoms with Crippen LogP contribution in [0.25, 0.3) is 0 Å². The van der Waals surface area contributed by atoms with Crippen LogP contribution in [0.3, 0.4) is 0 Å². The Bertz CT molecular complexity index is 481. The first-order chi connectivity index (χ1) is 7.99. The summed E-state index contributed by atoms with van der Waals surface area (Å²) < 4.78 is 0. The third kappa shape index (κ3) is 4.34. The van der Waals surface area contributed by atoms with Crippen molar-refractivity contribution in [3.8, 4) is 5.75 Å². The van der Waals surface area contributed by atoms with Crippen LogP contribution >= 0.6 is 0 Å². The Kier molecular flexibility index (Phi) is 4.22. The monoisotopic (exact) mass is 231 g/mol. The first-order valence-corrected chi connectivity index (χ1v) is 5.15. The van der Waals surface area contributed by atoms with E-state index in [9.17, 15) is 0 Å². The number of phenols is 1. The lowest BCUT2D eigenvalue weighted by Crippen LogP contribution is -1.87. The van der Waals surface area contributed by atoms with Crippen molar-refractivity contribution in [3.05, 3.63) is 48.0 Å². The summed E-state index contributed by atoms with van der Waals surface area (Å²) in [7, 11) is 0. The van der Waals surface area contributed by atoms with Crippen molar-refractivity contribution in [2.24, 2.45) is 0 Å². The minimum atomic E-state index is 0.259. The Morgan fingerprint density at radius 2 is 1.35 bits per heavy atom. The summed E-state index contributed by atoms with van der Waals surface area (Å²) in [5.41, 5.74) is 19.0. The number of aryl methyl sites for hydroxylation is 1. The van der Waals surface area contributed by atoms with Crippen molar-refractivity contribution in [2.45, 2.75) is 6.92 Å². The molecule has 0 saturated heterocycles. The van der Waals surface area contributed by atoms with E-state index in [2.05, 4.69) is 0 Å². The summed E-state index contributed by atoms with van der Waals surface area (Å²) in [5, 5.41) is 9.02. The van der Waals surface area contributed by atoms with E-state index < -0.39 is 0 Å². The topological polar surface area (TPSA) is 98.3 Å². The molecule has 0 atom stereocenters. The molecule has 0 fully saturated rings. The third-order valence-electron chi connectivity index (χ3n) is 2.14. The van der Waals surface area contributed by atoms with Crippen LogP contribution in [0.4, 0.5) is 17.1 Å². The Balaban J connectivity index is 0.000000171. The molecule has 4 nitrogen and oxygen atoms in total. The van der Waals surface area contributed by atoms with Crippen molar-refractivity contribution in [1.29, 1.82) is 0 Å². The fourth-order valence-electron chi connectivity index (χ4n) is 1.19. The molecule has 4 heteroatoms. The van der Waals surface area contributed by atoms with Gasteiger partial charge in [0.15, 0.2) is 0 Å². The van der Waals surface area contributed by atoms with Gasteiger partial charge in [0.2, 0.25) is 0 Å². The van der Waals surface area contributed by atoms with Gasteiger partial charge in [0.1, 0.15) is 5.75 Å². The number of rotatable bonds is 0. The van der Waals surface area contributed by atoms with Gasteiger partial charge in [-0.2, -0.15) is 0 Å². The Hall–Kier alpha value is -2.36. The molecular weight excluding hydrogens is 214 g/mol. The van der Waals surface area contributed by atoms with Gasteiger partial charge in [-0.05, 0) is 36.8 Å². The van der Waals surface area contributed by atoms with Gasteiger partial charge in [0, 0.05) is 23.1 Å². The Morgan fingerprint density at radius 3 is 1.71 bits per heavy atom. The lowest BCUT2D eigenvalue weighted by molar-refractivity contribution is 0.471. The molecule has 0 aromatic heterocycles. The molecule has 0 saturated carbocycles. The molecule has 17 heavy (non-hydrogen) atoms. The SMILES string of the molecule is Cc1ccc(N)cc1O.Nc1cccc(N)c1. The lowest BCUT2D eigenvalue weighted by Gasteiger charge is -1.97. The van der Waals surface area contributed by atoms with Crippen LogP contribution in [0.1, 0.15) is 5.56 Å². The van der Waals surface area contributed by atoms with Crippen LogP contribution in [0.15, 0.2) is 42.5 Å². The second kappa shape index (κ2) is 5.65. The van der Waals surface area contributed by atoms with E-state index in [4.69, 9.17) is 22.3 Å². The largest absolute Gasteiger partial charge is 0.508 e. The first-order valence-electron chi connectivity index (χ1n) is 5.15. The van der Waals surface area contributed by atoms with E-state index in [1.54, 1.807) is 30.3 Å². The zero-order valence-electron chi connectivity index (χ0n) is 9.72. The van der Waals surface area contributed by atoms with Gasteiger partial charge in [-0.1, -0.05) is 12.1 Å². The van der Waals surface area contributed by atoms with Crippen molar-refractivity contribution >= 4 is 17.1 Å². The third-order valence-corrected chi connectivity index (χ3v) is 2.14. The fraction of sp³-hybridized carbons (Fsp3) is 0.0769. The summed E-state index contributed by atoms with van der Waals surface area (Å²) in [4.78, 5) is 0. The highest BCUT2D eigenvalue weighted by Gasteiger charge is 1.92. The van der Waals surface area contributed by atoms with Crippen molar-refractivity contribution in [1.82, 2.24) is 0 Å². The van der Waals surface area contributed by atoms with E-state index in [0.29, 0.717) is 17.1 Å². The van der Waals surface area contributed by atoms with Crippen molar-refractivity contribution in [3.63, 3.8) is 0 Å². The molecule has 2 rings (SSSR count). The van der Waals surface area contributed by atoms with Gasteiger partial charge >= 0.3 is 0 Å². The Labute approximate surface area is 101 Å². The number of hydrogen-bond acceptors (Lipinski definition) is 4. The normalized spacial score (nSPS) is 9.24. The highest BCUT2D eigenvalue weighted by atomic mass is 16.3. The molecule has 2 aromatic carbocycles. The quantitative estimate of drug-likeness (QED) is 0.522. The van der Waals surface area contributed by atoms with Crippen LogP contribution in [-0.4, -0.2) is 5.11 Å². The number of hydrogen-bond donors (Lipinski definition) is 4. The van der Waals surface area contributed by atoms with E-state index in [0.717, 1.165) is 5.56 Å². The first kappa shape index (κ1) is 12.7. The number of phenolic OH excluding ortho intramolecular Hbond substituents is 1. The molecule has 0 radical (unpaired) electrons. The molecule has 90 valence electrons. The second-order valence-corrected chi connectivity index (χ2v) is 3.72. The smallest absolute Gasteiger partial charge is 0.120 e. The van der Waals surface area contributed by atoms with E-state index in [1.165, 1.54) is 6.07 Å². The molecule has 2 aromatic rings. The van der Waals surface area contributed by atoms with Crippen LogP contribution in [0.5, 0.6) is 5.75 Å². The van der Waals surface area contributed by atoms with Gasteiger partial charge in [-0.15, -0.1) is 0 Å². The number of nitrogens with two attached hydrogens (primary N) is 3. The zero-order valence-corrected chi connectivity index (χ0v) is 9.72. The molecule has 0 aliphatic heterocycles. The fourth-order valence-corrected chi connectivity index (χ4v) is 1.19. The summed E-state index contributed by atoms with van der Waals surface area (Å²) in [5.74, 6) is 0.259. The second-order valence-electron chi connectivity index (χ2n) is 3.72. The number of benzene rings is 2. The van der Waals surface area contributed by atoms with Gasteiger partial charge in [0.25, 0.3) is 0 Å². The zero-order chi connectivity index (χ0) is 12.8. The van der Waals surface area contributed by atoms with E-state index in [-0.39, 0.29) is 5.75 Å².